The first-order valence-corrected chi connectivity index (χ1v) is 9.39. The molecule has 0 amide bonds. The van der Waals surface area contributed by atoms with Crippen LogP contribution >= 0.6 is 11.8 Å². The Balaban J connectivity index is 2.48. The second-order valence-electron chi connectivity index (χ2n) is 6.59. The Hall–Kier alpha value is 0.270. The van der Waals surface area contributed by atoms with Gasteiger partial charge in [0.1, 0.15) is 0 Å². The zero-order valence-electron chi connectivity index (χ0n) is 13.5. The Kier molecular flexibility index (Phi) is 8.43. The van der Waals surface area contributed by atoms with Gasteiger partial charge in [0.2, 0.25) is 0 Å². The first-order valence-electron chi connectivity index (χ1n) is 8.00. The molecule has 1 N–H and O–H groups in total. The second kappa shape index (κ2) is 9.25. The second-order valence-corrected chi connectivity index (χ2v) is 7.58. The number of rotatable bonds is 9. The average Bonchev–Trinajstić information content (AvgIpc) is 2.40. The lowest BCUT2D eigenvalue weighted by atomic mass is 9.70. The fraction of sp³-hybridized carbons (Fsp3) is 1.00. The van der Waals surface area contributed by atoms with E-state index in [9.17, 15) is 0 Å². The smallest absolute Gasteiger partial charge is 0.00694 e. The molecule has 0 aromatic carbocycles. The maximum absolute atomic E-state index is 3.69. The first-order chi connectivity index (χ1) is 9.12. The molecule has 19 heavy (non-hydrogen) atoms. The van der Waals surface area contributed by atoms with Crippen molar-refractivity contribution >= 4 is 11.8 Å². The number of hydrogen-bond donors (Lipinski definition) is 1. The molecule has 2 nitrogen and oxygen atoms in total. The van der Waals surface area contributed by atoms with Crippen molar-refractivity contribution in [2.24, 2.45) is 11.3 Å². The van der Waals surface area contributed by atoms with Crippen molar-refractivity contribution in [3.63, 3.8) is 0 Å². The number of nitrogens with zero attached hydrogens (tertiary/aromatic N) is 1. The third-order valence-corrected chi connectivity index (χ3v) is 5.13. The van der Waals surface area contributed by atoms with Crippen LogP contribution in [0.3, 0.4) is 0 Å². The van der Waals surface area contributed by atoms with Gasteiger partial charge in [-0.15, -0.1) is 0 Å². The SMILES string of the molecule is CCCNCC1(CN(C)CCSC)CCC(C)CC1. The predicted octanol–water partition coefficient (Wildman–Crippen LogP) is 3.48. The molecule has 3 heteroatoms. The van der Waals surface area contributed by atoms with Gasteiger partial charge in [-0.1, -0.05) is 26.7 Å². The van der Waals surface area contributed by atoms with E-state index in [0.29, 0.717) is 5.41 Å². The number of thioether (sulfide) groups is 1. The summed E-state index contributed by atoms with van der Waals surface area (Å²) in [6.07, 6.45) is 9.11. The van der Waals surface area contributed by atoms with Crippen molar-refractivity contribution in [1.82, 2.24) is 10.2 Å². The zero-order valence-corrected chi connectivity index (χ0v) is 14.3. The fourth-order valence-corrected chi connectivity index (χ4v) is 3.69. The highest BCUT2D eigenvalue weighted by atomic mass is 32.2. The highest BCUT2D eigenvalue weighted by Gasteiger charge is 2.34. The minimum absolute atomic E-state index is 0.537. The van der Waals surface area contributed by atoms with Gasteiger partial charge in [0.25, 0.3) is 0 Å². The summed E-state index contributed by atoms with van der Waals surface area (Å²) < 4.78 is 0. The lowest BCUT2D eigenvalue weighted by Gasteiger charge is -2.42. The Labute approximate surface area is 125 Å². The van der Waals surface area contributed by atoms with Crippen LogP contribution in [0.2, 0.25) is 0 Å². The molecule has 0 spiro atoms. The van der Waals surface area contributed by atoms with Crippen LogP contribution in [-0.4, -0.2) is 50.1 Å². The summed E-state index contributed by atoms with van der Waals surface area (Å²) in [6.45, 7) is 9.57. The van der Waals surface area contributed by atoms with Crippen molar-refractivity contribution in [3.8, 4) is 0 Å². The van der Waals surface area contributed by atoms with E-state index in [0.717, 1.165) is 5.92 Å². The largest absolute Gasteiger partial charge is 0.316 e. The Morgan fingerprint density at radius 3 is 2.58 bits per heavy atom. The molecule has 0 atom stereocenters. The molecular formula is C16H34N2S. The van der Waals surface area contributed by atoms with E-state index in [4.69, 9.17) is 0 Å². The van der Waals surface area contributed by atoms with Gasteiger partial charge in [-0.25, -0.2) is 0 Å². The normalized spacial score (nSPS) is 27.9. The van der Waals surface area contributed by atoms with Crippen LogP contribution in [0.15, 0.2) is 0 Å². The first kappa shape index (κ1) is 17.3. The quantitative estimate of drug-likeness (QED) is 0.653. The van der Waals surface area contributed by atoms with Crippen LogP contribution in [0.25, 0.3) is 0 Å². The van der Waals surface area contributed by atoms with E-state index in [1.807, 2.05) is 11.8 Å². The molecule has 0 heterocycles. The van der Waals surface area contributed by atoms with Gasteiger partial charge >= 0.3 is 0 Å². The lowest BCUT2D eigenvalue weighted by Crippen LogP contribution is -2.45. The van der Waals surface area contributed by atoms with Crippen molar-refractivity contribution in [1.29, 1.82) is 0 Å². The summed E-state index contributed by atoms with van der Waals surface area (Å²) in [6, 6.07) is 0. The third-order valence-electron chi connectivity index (χ3n) is 4.54. The van der Waals surface area contributed by atoms with Gasteiger partial charge in [-0.3, -0.25) is 0 Å². The highest BCUT2D eigenvalue weighted by molar-refractivity contribution is 7.98. The molecule has 0 aromatic heterocycles. The summed E-state index contributed by atoms with van der Waals surface area (Å²) in [7, 11) is 2.30. The van der Waals surface area contributed by atoms with E-state index >= 15 is 0 Å². The molecule has 1 aliphatic carbocycles. The van der Waals surface area contributed by atoms with Crippen LogP contribution in [0.4, 0.5) is 0 Å². The molecule has 1 aliphatic rings. The van der Waals surface area contributed by atoms with E-state index in [-0.39, 0.29) is 0 Å². The zero-order chi connectivity index (χ0) is 14.1. The van der Waals surface area contributed by atoms with Gasteiger partial charge < -0.3 is 10.2 Å². The minimum atomic E-state index is 0.537. The monoisotopic (exact) mass is 286 g/mol. The third kappa shape index (κ3) is 6.50. The molecular weight excluding hydrogens is 252 g/mol. The van der Waals surface area contributed by atoms with Crippen LogP contribution in [-0.2, 0) is 0 Å². The van der Waals surface area contributed by atoms with E-state index < -0.39 is 0 Å². The fourth-order valence-electron chi connectivity index (χ4n) is 3.19. The van der Waals surface area contributed by atoms with E-state index in [1.54, 1.807) is 0 Å². The van der Waals surface area contributed by atoms with Crippen LogP contribution in [0, 0.1) is 11.3 Å². The molecule has 1 fully saturated rings. The average molecular weight is 287 g/mol. The highest BCUT2D eigenvalue weighted by Crippen LogP contribution is 2.39. The summed E-state index contributed by atoms with van der Waals surface area (Å²) >= 11 is 1.96. The van der Waals surface area contributed by atoms with Gasteiger partial charge in [-0.05, 0) is 50.4 Å². The summed E-state index contributed by atoms with van der Waals surface area (Å²) in [4.78, 5) is 2.56. The maximum atomic E-state index is 3.69. The number of nitrogens with one attached hydrogen (secondary N) is 1. The van der Waals surface area contributed by atoms with Gasteiger partial charge in [0, 0.05) is 25.4 Å². The maximum Gasteiger partial charge on any atom is 0.00694 e. The topological polar surface area (TPSA) is 15.3 Å². The molecule has 1 rings (SSSR count). The summed E-state index contributed by atoms with van der Waals surface area (Å²) in [5.74, 6) is 2.20. The van der Waals surface area contributed by atoms with Crippen molar-refractivity contribution < 1.29 is 0 Å². The predicted molar refractivity (Wildman–Crippen MR) is 89.1 cm³/mol. The standard InChI is InChI=1S/C16H34N2S/c1-5-10-17-13-16(8-6-15(2)7-9-16)14-18(3)11-12-19-4/h15,17H,5-14H2,1-4H3. The van der Waals surface area contributed by atoms with Crippen LogP contribution < -0.4 is 5.32 Å². The molecule has 0 aliphatic heterocycles. The van der Waals surface area contributed by atoms with Crippen molar-refractivity contribution in [2.75, 3.05) is 45.2 Å². The molecule has 0 aromatic rings. The van der Waals surface area contributed by atoms with E-state index in [1.165, 1.54) is 64.0 Å². The van der Waals surface area contributed by atoms with Gasteiger partial charge in [-0.2, -0.15) is 11.8 Å². The Morgan fingerprint density at radius 2 is 2.00 bits per heavy atom. The molecule has 0 bridgehead atoms. The molecule has 0 saturated heterocycles. The van der Waals surface area contributed by atoms with E-state index in [2.05, 4.69) is 37.4 Å². The lowest BCUT2D eigenvalue weighted by molar-refractivity contribution is 0.102. The molecule has 114 valence electrons. The summed E-state index contributed by atoms with van der Waals surface area (Å²) in [5.41, 5.74) is 0.537. The van der Waals surface area contributed by atoms with Crippen LogP contribution in [0.1, 0.15) is 46.0 Å². The molecule has 1 saturated carbocycles. The van der Waals surface area contributed by atoms with Gasteiger partial charge in [0.05, 0.1) is 0 Å². The van der Waals surface area contributed by atoms with Crippen molar-refractivity contribution in [3.05, 3.63) is 0 Å². The number of hydrogen-bond acceptors (Lipinski definition) is 3. The summed E-state index contributed by atoms with van der Waals surface area (Å²) in [5, 5.41) is 3.69. The van der Waals surface area contributed by atoms with Gasteiger partial charge in [0.15, 0.2) is 0 Å². The Bertz CT molecular complexity index is 225. The van der Waals surface area contributed by atoms with Crippen molar-refractivity contribution in [2.45, 2.75) is 46.0 Å². The molecule has 0 unspecified atom stereocenters. The Morgan fingerprint density at radius 1 is 1.32 bits per heavy atom. The van der Waals surface area contributed by atoms with Crippen LogP contribution in [0.5, 0.6) is 0 Å². The molecule has 0 radical (unpaired) electrons. The minimum Gasteiger partial charge on any atom is -0.316 e.